The molecule has 0 bridgehead atoms. The first-order chi connectivity index (χ1) is 20.0. The molecular weight excluding hydrogens is 541 g/mol. The van der Waals surface area contributed by atoms with Gasteiger partial charge in [-0.05, 0) is 60.9 Å². The number of sulfonamides is 1. The van der Waals surface area contributed by atoms with E-state index in [1.54, 1.807) is 12.1 Å². The fourth-order valence-electron chi connectivity index (χ4n) is 4.59. The Morgan fingerprint density at radius 2 is 1.15 bits per heavy atom. The molecule has 3 nitrogen and oxygen atoms in total. The summed E-state index contributed by atoms with van der Waals surface area (Å²) < 4.78 is 30.1. The van der Waals surface area contributed by atoms with Gasteiger partial charge in [0, 0.05) is 11.4 Å². The van der Waals surface area contributed by atoms with E-state index >= 15 is 0 Å². The van der Waals surface area contributed by atoms with Gasteiger partial charge < -0.3 is 0 Å². The van der Waals surface area contributed by atoms with Crippen LogP contribution >= 0.6 is 7.92 Å². The smallest absolute Gasteiger partial charge is 0.261 e. The minimum absolute atomic E-state index is 0.104. The van der Waals surface area contributed by atoms with Gasteiger partial charge in [-0.1, -0.05) is 145 Å². The van der Waals surface area contributed by atoms with Gasteiger partial charge in [-0.2, -0.15) is 0 Å². The lowest BCUT2D eigenvalue weighted by Crippen LogP contribution is -2.24. The fourth-order valence-corrected chi connectivity index (χ4v) is 8.36. The van der Waals surface area contributed by atoms with Crippen LogP contribution in [0.4, 0.5) is 0 Å². The Hall–Kier alpha value is -4.24. The van der Waals surface area contributed by atoms with Crippen LogP contribution in [0.25, 0.3) is 6.08 Å². The van der Waals surface area contributed by atoms with E-state index in [2.05, 4.69) is 71.5 Å². The van der Waals surface area contributed by atoms with E-state index in [1.165, 1.54) is 10.6 Å². The maximum atomic E-state index is 13.6. The molecule has 5 heteroatoms. The Bertz CT molecular complexity index is 1660. The quantitative estimate of drug-likeness (QED) is 0.137. The summed E-state index contributed by atoms with van der Waals surface area (Å²) in [6.45, 7) is 1.94. The predicted molar refractivity (Wildman–Crippen MR) is 173 cm³/mol. The van der Waals surface area contributed by atoms with Gasteiger partial charge in [-0.15, -0.1) is 0 Å². The van der Waals surface area contributed by atoms with E-state index < -0.39 is 17.9 Å². The first-order valence-corrected chi connectivity index (χ1v) is 16.4. The van der Waals surface area contributed by atoms with Crippen LogP contribution in [0.15, 0.2) is 168 Å². The van der Waals surface area contributed by atoms with Gasteiger partial charge in [0.25, 0.3) is 10.0 Å². The van der Waals surface area contributed by atoms with E-state index in [-0.39, 0.29) is 10.6 Å². The number of nitrogens with one attached hydrogen (secondary N) is 1. The summed E-state index contributed by atoms with van der Waals surface area (Å²) in [4.78, 5) is 0.228. The summed E-state index contributed by atoms with van der Waals surface area (Å²) in [5.74, 6) is 0. The molecule has 1 atom stereocenters. The summed E-state index contributed by atoms with van der Waals surface area (Å²) >= 11 is 0. The maximum absolute atomic E-state index is 13.6. The van der Waals surface area contributed by atoms with Crippen LogP contribution in [0.3, 0.4) is 0 Å². The van der Waals surface area contributed by atoms with Crippen molar-refractivity contribution in [2.75, 3.05) is 0 Å². The molecule has 5 aromatic carbocycles. The van der Waals surface area contributed by atoms with Crippen molar-refractivity contribution < 1.29 is 8.42 Å². The molecule has 41 heavy (non-hydrogen) atoms. The number of rotatable bonds is 10. The Labute approximate surface area is 244 Å². The predicted octanol–water partition coefficient (Wildman–Crippen LogP) is 7.74. The Morgan fingerprint density at radius 3 is 1.68 bits per heavy atom. The molecule has 0 saturated carbocycles. The van der Waals surface area contributed by atoms with Crippen molar-refractivity contribution in [2.24, 2.45) is 0 Å². The summed E-state index contributed by atoms with van der Waals surface area (Å²) in [5, 5.41) is 2.43. The third-order valence-electron chi connectivity index (χ3n) is 6.66. The SMILES string of the molecule is Cc1ccc(S(=O)(=O)NC(=C\[C@H](c2ccccc2)P(c2ccccc2)c2ccccc2)/C=C/c2ccccc2)cc1. The van der Waals surface area contributed by atoms with E-state index in [0.717, 1.165) is 16.7 Å². The standard InChI is InChI=1S/C36H32NO2PS/c1-29-22-26-35(27-23-29)41(38,39)37-32(25-24-30-14-6-2-7-15-30)28-36(31-16-8-3-9-17-31)40(33-18-10-4-11-19-33)34-20-12-5-13-21-34/h2-28,36-37H,1H3/b25-24+,32-28-/t36-/m1/s1. The number of aryl methyl sites for hydroxylation is 1. The van der Waals surface area contributed by atoms with Crippen molar-refractivity contribution in [2.45, 2.75) is 17.5 Å². The molecule has 0 unspecified atom stereocenters. The van der Waals surface area contributed by atoms with E-state index in [1.807, 2.05) is 91.9 Å². The largest absolute Gasteiger partial charge is 0.280 e. The van der Waals surface area contributed by atoms with Crippen molar-refractivity contribution in [3.05, 3.63) is 180 Å². The fraction of sp³-hybridized carbons (Fsp3) is 0.0556. The molecule has 0 saturated heterocycles. The molecule has 0 heterocycles. The molecule has 0 fully saturated rings. The highest BCUT2D eigenvalue weighted by Crippen LogP contribution is 2.50. The average Bonchev–Trinajstić information content (AvgIpc) is 3.01. The summed E-state index contributed by atoms with van der Waals surface area (Å²) in [6.07, 6.45) is 5.88. The van der Waals surface area contributed by atoms with Gasteiger partial charge in [0.15, 0.2) is 0 Å². The third-order valence-corrected chi connectivity index (χ3v) is 10.8. The number of hydrogen-bond donors (Lipinski definition) is 1. The van der Waals surface area contributed by atoms with Gasteiger partial charge in [0.05, 0.1) is 4.90 Å². The van der Waals surface area contributed by atoms with E-state index in [4.69, 9.17) is 0 Å². The van der Waals surface area contributed by atoms with Crippen molar-refractivity contribution in [3.63, 3.8) is 0 Å². The second-order valence-corrected chi connectivity index (χ2v) is 13.7. The molecule has 0 aliphatic heterocycles. The lowest BCUT2D eigenvalue weighted by molar-refractivity contribution is 0.589. The molecule has 1 N–H and O–H groups in total. The van der Waals surface area contributed by atoms with Crippen LogP contribution < -0.4 is 15.3 Å². The van der Waals surface area contributed by atoms with Crippen LogP contribution in [0.2, 0.25) is 0 Å². The van der Waals surface area contributed by atoms with Gasteiger partial charge >= 0.3 is 0 Å². The number of benzene rings is 5. The van der Waals surface area contributed by atoms with Crippen LogP contribution in [-0.4, -0.2) is 8.42 Å². The van der Waals surface area contributed by atoms with Gasteiger partial charge in [0.2, 0.25) is 0 Å². The highest BCUT2D eigenvalue weighted by Gasteiger charge is 2.26. The van der Waals surface area contributed by atoms with Crippen LogP contribution in [0.1, 0.15) is 22.3 Å². The number of hydrogen-bond acceptors (Lipinski definition) is 2. The highest BCUT2D eigenvalue weighted by molar-refractivity contribution is 7.89. The molecule has 5 aromatic rings. The van der Waals surface area contributed by atoms with E-state index in [0.29, 0.717) is 5.70 Å². The Morgan fingerprint density at radius 1 is 0.659 bits per heavy atom. The van der Waals surface area contributed by atoms with Crippen molar-refractivity contribution in [3.8, 4) is 0 Å². The molecular formula is C36H32NO2PS. The zero-order valence-corrected chi connectivity index (χ0v) is 24.5. The molecule has 0 aromatic heterocycles. The number of allylic oxidation sites excluding steroid dienone is 2. The normalized spacial score (nSPS) is 12.9. The Balaban J connectivity index is 1.67. The van der Waals surface area contributed by atoms with Crippen LogP contribution in [0, 0.1) is 6.92 Å². The second-order valence-electron chi connectivity index (χ2n) is 9.68. The topological polar surface area (TPSA) is 46.2 Å². The van der Waals surface area contributed by atoms with Gasteiger partial charge in [-0.3, -0.25) is 4.72 Å². The third kappa shape index (κ3) is 7.49. The molecule has 0 radical (unpaired) electrons. The zero-order valence-electron chi connectivity index (χ0n) is 22.8. The van der Waals surface area contributed by atoms with Crippen molar-refractivity contribution in [1.82, 2.24) is 4.72 Å². The molecule has 5 rings (SSSR count). The molecule has 0 amide bonds. The molecule has 0 aliphatic rings. The van der Waals surface area contributed by atoms with Gasteiger partial charge in [-0.25, -0.2) is 8.42 Å². The van der Waals surface area contributed by atoms with Crippen molar-refractivity contribution >= 4 is 34.6 Å². The minimum atomic E-state index is -3.83. The molecule has 204 valence electrons. The second kappa shape index (κ2) is 13.4. The summed E-state index contributed by atoms with van der Waals surface area (Å²) in [7, 11) is -4.76. The average molecular weight is 574 g/mol. The summed E-state index contributed by atoms with van der Waals surface area (Å²) in [5.41, 5.74) is 3.52. The summed E-state index contributed by atoms with van der Waals surface area (Å²) in [6, 6.07) is 48.1. The monoisotopic (exact) mass is 573 g/mol. The molecule has 0 spiro atoms. The van der Waals surface area contributed by atoms with Gasteiger partial charge in [0.1, 0.15) is 0 Å². The lowest BCUT2D eigenvalue weighted by Gasteiger charge is -2.28. The van der Waals surface area contributed by atoms with Crippen molar-refractivity contribution in [1.29, 1.82) is 0 Å². The van der Waals surface area contributed by atoms with Crippen LogP contribution in [0.5, 0.6) is 0 Å². The maximum Gasteiger partial charge on any atom is 0.261 e. The first kappa shape index (κ1) is 28.3. The van der Waals surface area contributed by atoms with Crippen LogP contribution in [-0.2, 0) is 10.0 Å². The highest BCUT2D eigenvalue weighted by atomic mass is 32.2. The molecule has 0 aliphatic carbocycles. The zero-order chi connectivity index (χ0) is 28.5. The minimum Gasteiger partial charge on any atom is -0.280 e. The van der Waals surface area contributed by atoms with E-state index in [9.17, 15) is 8.42 Å². The first-order valence-electron chi connectivity index (χ1n) is 13.5. The Kier molecular flexibility index (Phi) is 9.26. The lowest BCUT2D eigenvalue weighted by atomic mass is 10.1.